The van der Waals surface area contributed by atoms with Gasteiger partial charge in [0.15, 0.2) is 0 Å². The van der Waals surface area contributed by atoms with E-state index in [1.165, 1.54) is 24.2 Å². The number of amides is 2. The second-order valence-electron chi connectivity index (χ2n) is 7.25. The van der Waals surface area contributed by atoms with Crippen LogP contribution >= 0.6 is 0 Å². The Morgan fingerprint density at radius 2 is 1.60 bits per heavy atom. The highest BCUT2D eigenvalue weighted by atomic mass is 16.4. The van der Waals surface area contributed by atoms with Crippen LogP contribution in [0.4, 0.5) is 4.79 Å². The topological polar surface area (TPSA) is 69.6 Å². The van der Waals surface area contributed by atoms with Crippen molar-refractivity contribution in [1.82, 2.24) is 10.2 Å². The highest BCUT2D eigenvalue weighted by molar-refractivity contribution is 5.82. The molecule has 2 N–H and O–H groups in total. The number of nitrogens with one attached hydrogen (secondary N) is 1. The summed E-state index contributed by atoms with van der Waals surface area (Å²) in [6.45, 7) is 1.54. The Morgan fingerprint density at radius 1 is 1.15 bits per heavy atom. The Hall–Kier alpha value is -1.26. The standard InChI is InChI=1S/C15H24N2O3/c1-9(13(18)19)17(2)14(20)16-15-6-10-3-11(7-15)5-12(4-10)8-15/h9-12H,3-8H2,1-2H3,(H,16,20)(H,18,19). The molecule has 0 aliphatic heterocycles. The van der Waals surface area contributed by atoms with Crippen LogP contribution in [-0.4, -0.2) is 40.6 Å². The highest BCUT2D eigenvalue weighted by Gasteiger charge is 2.51. The quantitative estimate of drug-likeness (QED) is 0.831. The minimum atomic E-state index is -0.965. The molecule has 0 aromatic heterocycles. The van der Waals surface area contributed by atoms with E-state index in [-0.39, 0.29) is 11.6 Å². The maximum absolute atomic E-state index is 12.3. The van der Waals surface area contributed by atoms with Gasteiger partial charge in [-0.05, 0) is 63.2 Å². The second kappa shape index (κ2) is 4.64. The molecule has 4 fully saturated rings. The first-order valence-electron chi connectivity index (χ1n) is 7.66. The van der Waals surface area contributed by atoms with E-state index >= 15 is 0 Å². The Kier molecular flexibility index (Phi) is 3.18. The van der Waals surface area contributed by atoms with E-state index in [0.29, 0.717) is 0 Å². The van der Waals surface area contributed by atoms with Crippen molar-refractivity contribution in [1.29, 1.82) is 0 Å². The van der Waals surface area contributed by atoms with Crippen molar-refractivity contribution in [2.75, 3.05) is 7.05 Å². The Labute approximate surface area is 119 Å². The zero-order valence-electron chi connectivity index (χ0n) is 12.3. The third-order valence-corrected chi connectivity index (χ3v) is 5.67. The van der Waals surface area contributed by atoms with E-state index in [9.17, 15) is 9.59 Å². The minimum Gasteiger partial charge on any atom is -0.480 e. The molecule has 0 aromatic carbocycles. The molecule has 20 heavy (non-hydrogen) atoms. The van der Waals surface area contributed by atoms with Gasteiger partial charge in [0.25, 0.3) is 0 Å². The normalized spacial score (nSPS) is 39.4. The van der Waals surface area contributed by atoms with Crippen LogP contribution in [0.3, 0.4) is 0 Å². The SMILES string of the molecule is CC(C(=O)O)N(C)C(=O)NC12CC3CC(CC(C3)C1)C2. The van der Waals surface area contributed by atoms with Gasteiger partial charge in [0.05, 0.1) is 0 Å². The summed E-state index contributed by atoms with van der Waals surface area (Å²) in [6, 6.07) is -1.02. The number of rotatable bonds is 3. The van der Waals surface area contributed by atoms with Crippen molar-refractivity contribution in [3.63, 3.8) is 0 Å². The Morgan fingerprint density at radius 3 is 2.00 bits per heavy atom. The minimum absolute atomic E-state index is 0.0572. The number of likely N-dealkylation sites (N-methyl/N-ethyl adjacent to an activating group) is 1. The number of carboxylic acid groups (broad SMARTS) is 1. The molecule has 4 bridgehead atoms. The van der Waals surface area contributed by atoms with E-state index in [4.69, 9.17) is 5.11 Å². The van der Waals surface area contributed by atoms with Crippen LogP contribution in [0.2, 0.25) is 0 Å². The van der Waals surface area contributed by atoms with E-state index in [1.54, 1.807) is 14.0 Å². The van der Waals surface area contributed by atoms with Gasteiger partial charge in [-0.2, -0.15) is 0 Å². The smallest absolute Gasteiger partial charge is 0.326 e. The zero-order chi connectivity index (χ0) is 14.5. The largest absolute Gasteiger partial charge is 0.480 e. The molecule has 2 amide bonds. The number of hydrogen-bond donors (Lipinski definition) is 2. The number of carbonyl (C=O) groups is 2. The molecule has 4 rings (SSSR count). The molecule has 0 saturated heterocycles. The Balaban J connectivity index is 1.68. The van der Waals surface area contributed by atoms with Crippen molar-refractivity contribution in [2.45, 2.75) is 57.0 Å². The molecule has 1 atom stereocenters. The number of urea groups is 1. The van der Waals surface area contributed by atoms with Crippen LogP contribution in [0.5, 0.6) is 0 Å². The molecule has 112 valence electrons. The molecule has 4 saturated carbocycles. The first kappa shape index (κ1) is 13.7. The fourth-order valence-electron chi connectivity index (χ4n) is 4.92. The van der Waals surface area contributed by atoms with Crippen LogP contribution < -0.4 is 5.32 Å². The second-order valence-corrected chi connectivity index (χ2v) is 7.25. The average Bonchev–Trinajstić information content (AvgIpc) is 2.34. The maximum atomic E-state index is 12.3. The van der Waals surface area contributed by atoms with Gasteiger partial charge in [-0.3, -0.25) is 0 Å². The first-order valence-corrected chi connectivity index (χ1v) is 7.66. The summed E-state index contributed by atoms with van der Waals surface area (Å²) >= 11 is 0. The number of hydrogen-bond acceptors (Lipinski definition) is 2. The van der Waals surface area contributed by atoms with Crippen LogP contribution in [0.1, 0.15) is 45.4 Å². The Bertz CT molecular complexity index is 400. The molecule has 0 heterocycles. The molecule has 4 aliphatic rings. The third-order valence-electron chi connectivity index (χ3n) is 5.67. The van der Waals surface area contributed by atoms with Gasteiger partial charge < -0.3 is 15.3 Å². The van der Waals surface area contributed by atoms with E-state index < -0.39 is 12.0 Å². The lowest BCUT2D eigenvalue weighted by Crippen LogP contribution is -2.62. The lowest BCUT2D eigenvalue weighted by Gasteiger charge is -2.57. The summed E-state index contributed by atoms with van der Waals surface area (Å²) in [4.78, 5) is 24.6. The molecule has 1 unspecified atom stereocenters. The first-order chi connectivity index (χ1) is 9.38. The summed E-state index contributed by atoms with van der Waals surface area (Å²) in [5, 5.41) is 12.2. The fraction of sp³-hybridized carbons (Fsp3) is 0.867. The van der Waals surface area contributed by atoms with Crippen molar-refractivity contribution in [2.24, 2.45) is 17.8 Å². The highest BCUT2D eigenvalue weighted by Crippen LogP contribution is 2.55. The van der Waals surface area contributed by atoms with E-state index in [2.05, 4.69) is 5.32 Å². The van der Waals surface area contributed by atoms with Crippen molar-refractivity contribution in [3.05, 3.63) is 0 Å². The van der Waals surface area contributed by atoms with Gasteiger partial charge in [0.2, 0.25) is 0 Å². The summed E-state index contributed by atoms with van der Waals surface area (Å²) in [7, 11) is 1.56. The summed E-state index contributed by atoms with van der Waals surface area (Å²) in [5.74, 6) is 1.34. The molecular weight excluding hydrogens is 256 g/mol. The van der Waals surface area contributed by atoms with Crippen molar-refractivity contribution >= 4 is 12.0 Å². The summed E-state index contributed by atoms with van der Waals surface area (Å²) < 4.78 is 0. The van der Waals surface area contributed by atoms with Gasteiger partial charge >= 0.3 is 12.0 Å². The molecule has 5 heteroatoms. The van der Waals surface area contributed by atoms with Gasteiger partial charge in [-0.25, -0.2) is 9.59 Å². The molecule has 0 spiro atoms. The predicted octanol–water partition coefficient (Wildman–Crippen LogP) is 2.07. The monoisotopic (exact) mass is 280 g/mol. The van der Waals surface area contributed by atoms with Gasteiger partial charge in [0.1, 0.15) is 6.04 Å². The van der Waals surface area contributed by atoms with E-state index in [0.717, 1.165) is 37.0 Å². The summed E-state index contributed by atoms with van der Waals surface area (Å²) in [6.07, 6.45) is 7.24. The number of aliphatic carboxylic acids is 1. The number of nitrogens with zero attached hydrogens (tertiary/aromatic N) is 1. The van der Waals surface area contributed by atoms with Crippen LogP contribution in [0.25, 0.3) is 0 Å². The lowest BCUT2D eigenvalue weighted by atomic mass is 9.53. The maximum Gasteiger partial charge on any atom is 0.326 e. The molecule has 0 aromatic rings. The predicted molar refractivity (Wildman–Crippen MR) is 74.3 cm³/mol. The zero-order valence-corrected chi connectivity index (χ0v) is 12.3. The van der Waals surface area contributed by atoms with Crippen LogP contribution in [0.15, 0.2) is 0 Å². The number of carboxylic acids is 1. The molecule has 0 radical (unpaired) electrons. The fourth-order valence-corrected chi connectivity index (χ4v) is 4.92. The van der Waals surface area contributed by atoms with Gasteiger partial charge in [-0.15, -0.1) is 0 Å². The molecule has 4 aliphatic carbocycles. The lowest BCUT2D eigenvalue weighted by molar-refractivity contribution is -0.141. The van der Waals surface area contributed by atoms with Crippen molar-refractivity contribution < 1.29 is 14.7 Å². The van der Waals surface area contributed by atoms with E-state index in [1.807, 2.05) is 0 Å². The van der Waals surface area contributed by atoms with Crippen LogP contribution in [0, 0.1) is 17.8 Å². The van der Waals surface area contributed by atoms with Gasteiger partial charge in [0, 0.05) is 12.6 Å². The number of carbonyl (C=O) groups excluding carboxylic acids is 1. The van der Waals surface area contributed by atoms with Crippen LogP contribution in [-0.2, 0) is 4.79 Å². The van der Waals surface area contributed by atoms with Crippen molar-refractivity contribution in [3.8, 4) is 0 Å². The third kappa shape index (κ3) is 2.27. The molecular formula is C15H24N2O3. The van der Waals surface area contributed by atoms with Gasteiger partial charge in [-0.1, -0.05) is 0 Å². The molecule has 5 nitrogen and oxygen atoms in total. The average molecular weight is 280 g/mol. The summed E-state index contributed by atoms with van der Waals surface area (Å²) in [5.41, 5.74) is -0.0572.